The minimum Gasteiger partial charge on any atom is -0.374 e. The quantitative estimate of drug-likeness (QED) is 0.592. The zero-order valence-corrected chi connectivity index (χ0v) is 6.83. The van der Waals surface area contributed by atoms with Crippen LogP contribution in [0.15, 0.2) is 0 Å². The summed E-state index contributed by atoms with van der Waals surface area (Å²) in [5, 5.41) is 1.85. The van der Waals surface area contributed by atoms with Crippen molar-refractivity contribution in [1.82, 2.24) is 5.01 Å². The Labute approximate surface area is 67.5 Å². The van der Waals surface area contributed by atoms with Crippen LogP contribution in [0.2, 0.25) is 0 Å². The van der Waals surface area contributed by atoms with Gasteiger partial charge in [0.25, 0.3) is 0 Å². The fraction of sp³-hybridized carbons (Fsp3) is 1.00. The average Bonchev–Trinajstić information content (AvgIpc) is 2.27. The predicted molar refractivity (Wildman–Crippen MR) is 42.9 cm³/mol. The maximum Gasteiger partial charge on any atom is 0.0732 e. The molecule has 0 aromatic carbocycles. The van der Waals surface area contributed by atoms with E-state index < -0.39 is 0 Å². The van der Waals surface area contributed by atoms with Crippen LogP contribution in [-0.2, 0) is 4.74 Å². The van der Waals surface area contributed by atoms with Gasteiger partial charge in [-0.1, -0.05) is 0 Å². The summed E-state index contributed by atoms with van der Waals surface area (Å²) in [6.45, 7) is 1.92. The van der Waals surface area contributed by atoms with Gasteiger partial charge in [0.05, 0.1) is 12.2 Å². The van der Waals surface area contributed by atoms with Crippen LogP contribution in [0.5, 0.6) is 0 Å². The number of hydrogen-bond acceptors (Lipinski definition) is 3. The third-order valence-electron chi connectivity index (χ3n) is 2.61. The summed E-state index contributed by atoms with van der Waals surface area (Å²) in [5.74, 6) is 5.61. The molecule has 0 spiro atoms. The van der Waals surface area contributed by atoms with Crippen molar-refractivity contribution in [2.45, 2.75) is 37.9 Å². The fourth-order valence-corrected chi connectivity index (χ4v) is 1.64. The lowest BCUT2D eigenvalue weighted by Gasteiger charge is -2.28. The van der Waals surface area contributed by atoms with Crippen LogP contribution in [0.1, 0.15) is 25.7 Å². The Kier molecular flexibility index (Phi) is 2.11. The second-order valence-electron chi connectivity index (χ2n) is 3.59. The van der Waals surface area contributed by atoms with Crippen molar-refractivity contribution < 1.29 is 4.74 Å². The van der Waals surface area contributed by atoms with Gasteiger partial charge in [0, 0.05) is 13.1 Å². The third-order valence-corrected chi connectivity index (χ3v) is 2.61. The molecule has 11 heavy (non-hydrogen) atoms. The summed E-state index contributed by atoms with van der Waals surface area (Å²) in [5.41, 5.74) is 0. The van der Waals surface area contributed by atoms with Gasteiger partial charge in [-0.3, -0.25) is 5.84 Å². The van der Waals surface area contributed by atoms with Gasteiger partial charge in [-0.2, -0.15) is 0 Å². The normalized spacial score (nSPS) is 34.1. The molecule has 1 aliphatic heterocycles. The van der Waals surface area contributed by atoms with E-state index in [1.54, 1.807) is 0 Å². The van der Waals surface area contributed by atoms with Crippen LogP contribution in [0.4, 0.5) is 0 Å². The fourth-order valence-electron chi connectivity index (χ4n) is 1.64. The maximum atomic E-state index is 5.80. The van der Waals surface area contributed by atoms with Crippen molar-refractivity contribution >= 4 is 0 Å². The minimum atomic E-state index is 0.422. The van der Waals surface area contributed by atoms with Gasteiger partial charge in [0.2, 0.25) is 0 Å². The highest BCUT2D eigenvalue weighted by molar-refractivity contribution is 4.77. The molecule has 2 aliphatic rings. The van der Waals surface area contributed by atoms with E-state index in [0.717, 1.165) is 19.5 Å². The zero-order chi connectivity index (χ0) is 7.68. The Morgan fingerprint density at radius 1 is 1.18 bits per heavy atom. The predicted octanol–water partition coefficient (Wildman–Crippen LogP) is 0.503. The summed E-state index contributed by atoms with van der Waals surface area (Å²) < 4.78 is 5.80. The Hall–Kier alpha value is -0.120. The number of nitrogens with zero attached hydrogens (tertiary/aromatic N) is 1. The van der Waals surface area contributed by atoms with Crippen molar-refractivity contribution in [1.29, 1.82) is 0 Å². The van der Waals surface area contributed by atoms with Crippen LogP contribution < -0.4 is 5.84 Å². The lowest BCUT2D eigenvalue weighted by atomic mass is 9.96. The Morgan fingerprint density at radius 3 is 2.45 bits per heavy atom. The van der Waals surface area contributed by atoms with E-state index in [2.05, 4.69) is 0 Å². The molecule has 0 amide bonds. The highest BCUT2D eigenvalue weighted by atomic mass is 16.5. The number of ether oxygens (including phenoxy) is 1. The summed E-state index contributed by atoms with van der Waals surface area (Å²) >= 11 is 0. The van der Waals surface area contributed by atoms with E-state index in [1.165, 1.54) is 19.3 Å². The van der Waals surface area contributed by atoms with Crippen molar-refractivity contribution in [3.63, 3.8) is 0 Å². The van der Waals surface area contributed by atoms with E-state index in [9.17, 15) is 0 Å². The highest BCUT2D eigenvalue weighted by Crippen LogP contribution is 2.25. The molecule has 0 bridgehead atoms. The van der Waals surface area contributed by atoms with Gasteiger partial charge in [-0.05, 0) is 25.7 Å². The van der Waals surface area contributed by atoms with Crippen LogP contribution >= 0.6 is 0 Å². The molecule has 1 saturated carbocycles. The summed E-state index contributed by atoms with van der Waals surface area (Å²) in [7, 11) is 0. The van der Waals surface area contributed by atoms with Gasteiger partial charge in [-0.25, -0.2) is 5.01 Å². The van der Waals surface area contributed by atoms with Crippen LogP contribution in [0.25, 0.3) is 0 Å². The maximum absolute atomic E-state index is 5.80. The molecule has 0 aromatic rings. The molecule has 64 valence electrons. The molecule has 1 aliphatic carbocycles. The van der Waals surface area contributed by atoms with Crippen LogP contribution in [-0.4, -0.2) is 30.3 Å². The van der Waals surface area contributed by atoms with Crippen molar-refractivity contribution in [2.24, 2.45) is 5.84 Å². The molecule has 3 heteroatoms. The largest absolute Gasteiger partial charge is 0.374 e. The molecule has 2 rings (SSSR count). The lowest BCUT2D eigenvalue weighted by Crippen LogP contribution is -2.32. The Morgan fingerprint density at radius 2 is 2.00 bits per heavy atom. The van der Waals surface area contributed by atoms with E-state index >= 15 is 0 Å². The monoisotopic (exact) mass is 156 g/mol. The Bertz CT molecular complexity index is 136. The molecule has 1 atom stereocenters. The first-order valence-electron chi connectivity index (χ1n) is 4.50. The van der Waals surface area contributed by atoms with Crippen LogP contribution in [0, 0.1) is 0 Å². The van der Waals surface area contributed by atoms with E-state index in [4.69, 9.17) is 10.6 Å². The molecule has 1 saturated heterocycles. The number of nitrogens with two attached hydrogens (primary N) is 1. The van der Waals surface area contributed by atoms with Gasteiger partial charge < -0.3 is 4.74 Å². The third kappa shape index (κ3) is 1.72. The lowest BCUT2D eigenvalue weighted by molar-refractivity contribution is -0.0456. The van der Waals surface area contributed by atoms with Gasteiger partial charge in [0.1, 0.15) is 0 Å². The first-order valence-corrected chi connectivity index (χ1v) is 4.50. The zero-order valence-electron chi connectivity index (χ0n) is 6.83. The summed E-state index contributed by atoms with van der Waals surface area (Å²) in [6, 6.07) is 0. The molecule has 1 unspecified atom stereocenters. The van der Waals surface area contributed by atoms with E-state index in [1.807, 2.05) is 5.01 Å². The SMILES string of the molecule is NN1CCC(OC2CCC2)C1. The highest BCUT2D eigenvalue weighted by Gasteiger charge is 2.26. The van der Waals surface area contributed by atoms with Gasteiger partial charge >= 0.3 is 0 Å². The molecule has 1 heterocycles. The second-order valence-corrected chi connectivity index (χ2v) is 3.59. The molecule has 0 aromatic heterocycles. The number of hydrazine groups is 1. The molecular formula is C8H16N2O. The number of hydrogen-bond donors (Lipinski definition) is 1. The molecule has 0 radical (unpaired) electrons. The summed E-state index contributed by atoms with van der Waals surface area (Å²) in [4.78, 5) is 0. The standard InChI is InChI=1S/C8H16N2O/c9-10-5-4-8(6-10)11-7-2-1-3-7/h7-8H,1-6,9H2. The Balaban J connectivity index is 1.70. The topological polar surface area (TPSA) is 38.5 Å². The second kappa shape index (κ2) is 3.09. The smallest absolute Gasteiger partial charge is 0.0732 e. The molecule has 2 fully saturated rings. The summed E-state index contributed by atoms with van der Waals surface area (Å²) in [6.07, 6.45) is 5.98. The van der Waals surface area contributed by atoms with Crippen molar-refractivity contribution in [3.05, 3.63) is 0 Å². The molecule has 3 nitrogen and oxygen atoms in total. The first-order chi connectivity index (χ1) is 5.34. The van der Waals surface area contributed by atoms with E-state index in [-0.39, 0.29) is 0 Å². The number of rotatable bonds is 2. The average molecular weight is 156 g/mol. The molecule has 2 N–H and O–H groups in total. The molecular weight excluding hydrogens is 140 g/mol. The van der Waals surface area contributed by atoms with Gasteiger partial charge in [-0.15, -0.1) is 0 Å². The van der Waals surface area contributed by atoms with E-state index in [0.29, 0.717) is 12.2 Å². The van der Waals surface area contributed by atoms with Crippen molar-refractivity contribution in [3.8, 4) is 0 Å². The van der Waals surface area contributed by atoms with Crippen LogP contribution in [0.3, 0.4) is 0 Å². The van der Waals surface area contributed by atoms with Crippen molar-refractivity contribution in [2.75, 3.05) is 13.1 Å². The van der Waals surface area contributed by atoms with Gasteiger partial charge in [0.15, 0.2) is 0 Å². The minimum absolute atomic E-state index is 0.422. The first kappa shape index (κ1) is 7.53.